The normalized spacial score (nSPS) is 12.2. The van der Waals surface area contributed by atoms with E-state index in [-0.39, 0.29) is 18.1 Å². The van der Waals surface area contributed by atoms with Gasteiger partial charge in [0.2, 0.25) is 21.8 Å². The molecule has 33 heavy (non-hydrogen) atoms. The predicted octanol–water partition coefficient (Wildman–Crippen LogP) is 2.98. The van der Waals surface area contributed by atoms with Gasteiger partial charge in [0.1, 0.15) is 12.6 Å². The molecule has 0 aliphatic rings. The number of sulfonamides is 1. The van der Waals surface area contributed by atoms with Gasteiger partial charge < -0.3 is 10.2 Å². The number of carbonyl (C=O) groups is 2. The van der Waals surface area contributed by atoms with E-state index in [0.717, 1.165) is 35.6 Å². The van der Waals surface area contributed by atoms with Gasteiger partial charge in [-0.2, -0.15) is 0 Å². The van der Waals surface area contributed by atoms with E-state index in [4.69, 9.17) is 0 Å². The van der Waals surface area contributed by atoms with E-state index in [1.807, 2.05) is 31.2 Å². The minimum absolute atomic E-state index is 0.0799. The molecule has 0 radical (unpaired) electrons. The molecule has 0 fully saturated rings. The number of nitrogens with zero attached hydrogens (tertiary/aromatic N) is 2. The molecule has 0 saturated heterocycles. The molecule has 0 saturated carbocycles. The number of hydrogen-bond donors (Lipinski definition) is 1. The summed E-state index contributed by atoms with van der Waals surface area (Å²) < 4.78 is 52.7. The number of carbonyl (C=O) groups excluding carboxylic acids is 2. The van der Waals surface area contributed by atoms with E-state index in [2.05, 4.69) is 5.32 Å². The molecule has 0 aromatic heterocycles. The van der Waals surface area contributed by atoms with Gasteiger partial charge in [-0.3, -0.25) is 13.9 Å². The average molecular weight is 482 g/mol. The first-order chi connectivity index (χ1) is 15.5. The highest BCUT2D eigenvalue weighted by Gasteiger charge is 2.32. The van der Waals surface area contributed by atoms with Crippen LogP contribution in [0.1, 0.15) is 31.4 Å². The molecule has 0 bridgehead atoms. The Labute approximate surface area is 193 Å². The molecule has 2 rings (SSSR count). The Bertz CT molecular complexity index is 1110. The van der Waals surface area contributed by atoms with Crippen LogP contribution in [0.4, 0.5) is 14.5 Å². The first kappa shape index (κ1) is 26.2. The molecule has 0 spiro atoms. The number of anilines is 1. The number of halogens is 2. The van der Waals surface area contributed by atoms with Crippen molar-refractivity contribution in [3.05, 3.63) is 65.2 Å². The highest BCUT2D eigenvalue weighted by atomic mass is 32.2. The summed E-state index contributed by atoms with van der Waals surface area (Å²) in [6.45, 7) is 5.15. The van der Waals surface area contributed by atoms with Crippen LogP contribution in [-0.2, 0) is 26.2 Å². The molecule has 180 valence electrons. The first-order valence-electron chi connectivity index (χ1n) is 10.5. The van der Waals surface area contributed by atoms with Crippen molar-refractivity contribution < 1.29 is 26.8 Å². The lowest BCUT2D eigenvalue weighted by Crippen LogP contribution is -2.52. The second-order valence-corrected chi connectivity index (χ2v) is 9.54. The van der Waals surface area contributed by atoms with Gasteiger partial charge >= 0.3 is 0 Å². The van der Waals surface area contributed by atoms with Crippen molar-refractivity contribution >= 4 is 27.5 Å². The Morgan fingerprint density at radius 3 is 2.27 bits per heavy atom. The summed E-state index contributed by atoms with van der Waals surface area (Å²) in [5.41, 5.74) is 1.51. The fraction of sp³-hybridized carbons (Fsp3) is 0.391. The van der Waals surface area contributed by atoms with Gasteiger partial charge in [-0.05, 0) is 43.5 Å². The van der Waals surface area contributed by atoms with E-state index in [1.54, 1.807) is 13.8 Å². The zero-order chi connectivity index (χ0) is 24.8. The van der Waals surface area contributed by atoms with Crippen molar-refractivity contribution in [2.75, 3.05) is 23.7 Å². The molecule has 10 heteroatoms. The molecule has 2 aromatic carbocycles. The predicted molar refractivity (Wildman–Crippen MR) is 123 cm³/mol. The largest absolute Gasteiger partial charge is 0.355 e. The van der Waals surface area contributed by atoms with Crippen LogP contribution in [0.3, 0.4) is 0 Å². The molecule has 0 heterocycles. The summed E-state index contributed by atoms with van der Waals surface area (Å²) in [6.07, 6.45) is 1.17. The van der Waals surface area contributed by atoms with Crippen molar-refractivity contribution in [1.29, 1.82) is 0 Å². The summed E-state index contributed by atoms with van der Waals surface area (Å²) in [4.78, 5) is 27.4. The maximum atomic E-state index is 13.8. The third-order valence-electron chi connectivity index (χ3n) is 5.21. The molecular weight excluding hydrogens is 452 g/mol. The maximum absolute atomic E-state index is 13.8. The zero-order valence-electron chi connectivity index (χ0n) is 19.1. The minimum atomic E-state index is -4.02. The maximum Gasteiger partial charge on any atom is 0.244 e. The van der Waals surface area contributed by atoms with Crippen LogP contribution < -0.4 is 9.62 Å². The van der Waals surface area contributed by atoms with Crippen LogP contribution in [0.5, 0.6) is 0 Å². The third kappa shape index (κ3) is 6.74. The molecule has 1 N–H and O–H groups in total. The van der Waals surface area contributed by atoms with Crippen LogP contribution in [-0.4, -0.2) is 50.5 Å². The van der Waals surface area contributed by atoms with Crippen LogP contribution in [0.25, 0.3) is 0 Å². The number of aryl methyl sites for hydroxylation is 1. The lowest BCUT2D eigenvalue weighted by molar-refractivity contribution is -0.140. The van der Waals surface area contributed by atoms with Gasteiger partial charge in [-0.15, -0.1) is 0 Å². The highest BCUT2D eigenvalue weighted by Crippen LogP contribution is 2.22. The van der Waals surface area contributed by atoms with Crippen LogP contribution >= 0.6 is 0 Å². The smallest absolute Gasteiger partial charge is 0.244 e. The molecular formula is C23H29F2N3O4S. The number of hydrogen-bond acceptors (Lipinski definition) is 4. The Morgan fingerprint density at radius 1 is 1.06 bits per heavy atom. The van der Waals surface area contributed by atoms with Crippen LogP contribution in [0.2, 0.25) is 0 Å². The van der Waals surface area contributed by atoms with Crippen LogP contribution in [0.15, 0.2) is 42.5 Å². The summed E-state index contributed by atoms with van der Waals surface area (Å²) in [7, 11) is -4.02. The van der Waals surface area contributed by atoms with Crippen molar-refractivity contribution in [3.8, 4) is 0 Å². The number of benzene rings is 2. The summed E-state index contributed by atoms with van der Waals surface area (Å²) in [6, 6.07) is 9.10. The molecule has 7 nitrogen and oxygen atoms in total. The summed E-state index contributed by atoms with van der Waals surface area (Å²) in [5.74, 6) is -3.38. The molecule has 0 aliphatic heterocycles. The van der Waals surface area contributed by atoms with Gasteiger partial charge in [0.15, 0.2) is 11.6 Å². The number of nitrogens with one attached hydrogen (secondary N) is 1. The van der Waals surface area contributed by atoms with Gasteiger partial charge in [-0.25, -0.2) is 17.2 Å². The average Bonchev–Trinajstić information content (AvgIpc) is 2.74. The Kier molecular flexibility index (Phi) is 8.92. The van der Waals surface area contributed by atoms with E-state index >= 15 is 0 Å². The lowest BCUT2D eigenvalue weighted by atomic mass is 10.1. The van der Waals surface area contributed by atoms with Crippen molar-refractivity contribution in [1.82, 2.24) is 10.2 Å². The molecule has 0 unspecified atom stereocenters. The minimum Gasteiger partial charge on any atom is -0.355 e. The first-order valence-corrected chi connectivity index (χ1v) is 12.4. The molecule has 2 aromatic rings. The second-order valence-electron chi connectivity index (χ2n) is 7.63. The van der Waals surface area contributed by atoms with Gasteiger partial charge in [0, 0.05) is 19.2 Å². The fourth-order valence-corrected chi connectivity index (χ4v) is 4.28. The summed E-state index contributed by atoms with van der Waals surface area (Å²) in [5, 5.41) is 2.71. The SMILES string of the molecule is CCNC(=O)[C@@H](CC)N(Cc1ccccc1C)C(=O)CN(c1ccc(F)c(F)c1)S(C)(=O)=O. The quantitative estimate of drug-likeness (QED) is 0.565. The topological polar surface area (TPSA) is 86.8 Å². The zero-order valence-corrected chi connectivity index (χ0v) is 20.0. The number of amides is 2. The van der Waals surface area contributed by atoms with Gasteiger partial charge in [-0.1, -0.05) is 31.2 Å². The van der Waals surface area contributed by atoms with Crippen LogP contribution in [0, 0.1) is 18.6 Å². The Morgan fingerprint density at radius 2 is 1.73 bits per heavy atom. The molecule has 2 amide bonds. The molecule has 1 atom stereocenters. The fourth-order valence-electron chi connectivity index (χ4n) is 3.44. The molecule has 0 aliphatic carbocycles. The third-order valence-corrected chi connectivity index (χ3v) is 6.35. The monoisotopic (exact) mass is 481 g/mol. The standard InChI is InChI=1S/C23H29F2N3O4S/c1-5-21(23(30)26-6-2)27(14-17-10-8-7-9-16(17)3)22(29)15-28(33(4,31)32)18-11-12-19(24)20(25)13-18/h7-13,21H,5-6,14-15H2,1-4H3,(H,26,30)/t21-/m1/s1. The van der Waals surface area contributed by atoms with Gasteiger partial charge in [0.25, 0.3) is 0 Å². The van der Waals surface area contributed by atoms with Crippen molar-refractivity contribution in [2.45, 2.75) is 39.8 Å². The van der Waals surface area contributed by atoms with E-state index in [0.29, 0.717) is 17.3 Å². The number of rotatable bonds is 10. The van der Waals surface area contributed by atoms with E-state index in [1.165, 1.54) is 4.90 Å². The Balaban J connectivity index is 2.47. The summed E-state index contributed by atoms with van der Waals surface area (Å²) >= 11 is 0. The second kappa shape index (κ2) is 11.2. The van der Waals surface area contributed by atoms with Gasteiger partial charge in [0.05, 0.1) is 11.9 Å². The van der Waals surface area contributed by atoms with E-state index < -0.39 is 40.2 Å². The van der Waals surface area contributed by atoms with E-state index in [9.17, 15) is 26.8 Å². The number of likely N-dealkylation sites (N-methyl/N-ethyl adjacent to an activating group) is 1. The van der Waals surface area contributed by atoms with Crippen molar-refractivity contribution in [2.24, 2.45) is 0 Å². The lowest BCUT2D eigenvalue weighted by Gasteiger charge is -2.33. The highest BCUT2D eigenvalue weighted by molar-refractivity contribution is 7.92. The Hall–Kier alpha value is -3.01. The van der Waals surface area contributed by atoms with Crippen molar-refractivity contribution in [3.63, 3.8) is 0 Å².